The normalized spacial score (nSPS) is 11.4. The molecule has 0 saturated carbocycles. The molecule has 0 aliphatic carbocycles. The lowest BCUT2D eigenvalue weighted by Crippen LogP contribution is -2.12. The molecule has 0 aliphatic rings. The van der Waals surface area contributed by atoms with Gasteiger partial charge in [-0.3, -0.25) is 0 Å². The van der Waals surface area contributed by atoms with Crippen LogP contribution in [0.25, 0.3) is 0 Å². The van der Waals surface area contributed by atoms with E-state index in [1.165, 1.54) is 0 Å². The van der Waals surface area contributed by atoms with Crippen LogP contribution in [0, 0.1) is 12.3 Å². The van der Waals surface area contributed by atoms with Crippen molar-refractivity contribution in [2.75, 3.05) is 0 Å². The third-order valence-corrected chi connectivity index (χ3v) is 1.53. The number of carbonyl (C=O) groups excluding carboxylic acids is 1. The van der Waals surface area contributed by atoms with Gasteiger partial charge in [0, 0.05) is 0 Å². The first-order valence-electron chi connectivity index (χ1n) is 3.96. The zero-order chi connectivity index (χ0) is 9.68. The highest BCUT2D eigenvalue weighted by atomic mass is 16.5. The van der Waals surface area contributed by atoms with Crippen molar-refractivity contribution in [1.29, 1.82) is 0 Å². The molecule has 1 rings (SSSR count). The van der Waals surface area contributed by atoms with Crippen LogP contribution in [0.4, 0.5) is 0 Å². The molecule has 0 N–H and O–H groups in total. The van der Waals surface area contributed by atoms with Crippen LogP contribution in [0.5, 0.6) is 0 Å². The highest BCUT2D eigenvalue weighted by Gasteiger charge is 2.08. The molecule has 0 spiro atoms. The van der Waals surface area contributed by atoms with E-state index in [9.17, 15) is 4.79 Å². The van der Waals surface area contributed by atoms with Crippen molar-refractivity contribution in [2.45, 2.75) is 13.0 Å². The van der Waals surface area contributed by atoms with E-state index >= 15 is 0 Å². The minimum Gasteiger partial charge on any atom is -0.446 e. The lowest BCUT2D eigenvalue weighted by molar-refractivity contribution is 0.0439. The molecule has 66 valence electrons. The fourth-order valence-corrected chi connectivity index (χ4v) is 0.837. The van der Waals surface area contributed by atoms with E-state index in [1.807, 2.05) is 6.07 Å². The lowest BCUT2D eigenvalue weighted by Gasteiger charge is -2.06. The topological polar surface area (TPSA) is 26.3 Å². The molecule has 0 fully saturated rings. The van der Waals surface area contributed by atoms with Gasteiger partial charge in [-0.1, -0.05) is 24.1 Å². The predicted octanol–water partition coefficient (Wildman–Crippen LogP) is 1.87. The van der Waals surface area contributed by atoms with Crippen molar-refractivity contribution in [3.05, 3.63) is 35.9 Å². The van der Waals surface area contributed by atoms with Crippen LogP contribution in [0.3, 0.4) is 0 Å². The Morgan fingerprint density at radius 3 is 2.62 bits per heavy atom. The van der Waals surface area contributed by atoms with Crippen LogP contribution in [0.15, 0.2) is 30.3 Å². The SMILES string of the molecule is C#CC(C)OC(=O)c1ccccc1. The lowest BCUT2D eigenvalue weighted by atomic mass is 10.2. The molecular weight excluding hydrogens is 164 g/mol. The number of benzene rings is 1. The molecule has 1 aromatic carbocycles. The fourth-order valence-electron chi connectivity index (χ4n) is 0.837. The molecule has 0 heterocycles. The van der Waals surface area contributed by atoms with Crippen LogP contribution < -0.4 is 0 Å². The smallest absolute Gasteiger partial charge is 0.339 e. The Morgan fingerprint density at radius 1 is 1.46 bits per heavy atom. The minimum absolute atomic E-state index is 0.383. The molecular formula is C11H10O2. The summed E-state index contributed by atoms with van der Waals surface area (Å²) in [4.78, 5) is 11.3. The first kappa shape index (κ1) is 9.34. The molecule has 0 saturated heterocycles. The van der Waals surface area contributed by atoms with Gasteiger partial charge in [-0.15, -0.1) is 6.42 Å². The van der Waals surface area contributed by atoms with E-state index in [2.05, 4.69) is 5.92 Å². The van der Waals surface area contributed by atoms with Gasteiger partial charge < -0.3 is 4.74 Å². The highest BCUT2D eigenvalue weighted by molar-refractivity contribution is 5.89. The predicted molar refractivity (Wildman–Crippen MR) is 50.2 cm³/mol. The largest absolute Gasteiger partial charge is 0.446 e. The van der Waals surface area contributed by atoms with Gasteiger partial charge in [0.25, 0.3) is 0 Å². The molecule has 0 aromatic heterocycles. The Bertz CT molecular complexity index is 322. The molecule has 1 unspecified atom stereocenters. The third-order valence-electron chi connectivity index (χ3n) is 1.53. The molecule has 2 nitrogen and oxygen atoms in total. The summed E-state index contributed by atoms with van der Waals surface area (Å²) in [5.41, 5.74) is 0.518. The van der Waals surface area contributed by atoms with E-state index in [-0.39, 0.29) is 5.97 Å². The number of rotatable bonds is 2. The van der Waals surface area contributed by atoms with Crippen molar-refractivity contribution in [1.82, 2.24) is 0 Å². The molecule has 0 aliphatic heterocycles. The van der Waals surface area contributed by atoms with Crippen LogP contribution in [0.1, 0.15) is 17.3 Å². The van der Waals surface area contributed by atoms with Crippen molar-refractivity contribution in [3.8, 4) is 12.3 Å². The zero-order valence-electron chi connectivity index (χ0n) is 7.36. The Balaban J connectivity index is 2.66. The van der Waals surface area contributed by atoms with E-state index in [0.717, 1.165) is 0 Å². The third kappa shape index (κ3) is 2.64. The van der Waals surface area contributed by atoms with Gasteiger partial charge in [-0.05, 0) is 19.1 Å². The van der Waals surface area contributed by atoms with Crippen LogP contribution in [-0.2, 0) is 4.74 Å². The first-order chi connectivity index (χ1) is 6.24. The second-order valence-corrected chi connectivity index (χ2v) is 2.58. The molecule has 0 amide bonds. The van der Waals surface area contributed by atoms with E-state index in [0.29, 0.717) is 5.56 Å². The summed E-state index contributed by atoms with van der Waals surface area (Å²) in [6.07, 6.45) is 4.59. The summed E-state index contributed by atoms with van der Waals surface area (Å²) >= 11 is 0. The summed E-state index contributed by atoms with van der Waals surface area (Å²) in [6, 6.07) is 8.76. The Morgan fingerprint density at radius 2 is 2.08 bits per heavy atom. The maximum atomic E-state index is 11.3. The van der Waals surface area contributed by atoms with Gasteiger partial charge in [0.15, 0.2) is 6.10 Å². The van der Waals surface area contributed by atoms with Gasteiger partial charge in [0.1, 0.15) is 0 Å². The van der Waals surface area contributed by atoms with Gasteiger partial charge in [0.2, 0.25) is 0 Å². The average molecular weight is 174 g/mol. The summed E-state index contributed by atoms with van der Waals surface area (Å²) < 4.78 is 4.91. The fraction of sp³-hybridized carbons (Fsp3) is 0.182. The number of hydrogen-bond donors (Lipinski definition) is 0. The minimum atomic E-state index is -0.479. The average Bonchev–Trinajstić information content (AvgIpc) is 2.19. The van der Waals surface area contributed by atoms with E-state index in [1.54, 1.807) is 31.2 Å². The van der Waals surface area contributed by atoms with Crippen molar-refractivity contribution in [3.63, 3.8) is 0 Å². The van der Waals surface area contributed by atoms with Gasteiger partial charge in [-0.25, -0.2) is 4.79 Å². The quantitative estimate of drug-likeness (QED) is 0.505. The van der Waals surface area contributed by atoms with Crippen LogP contribution in [0.2, 0.25) is 0 Å². The van der Waals surface area contributed by atoms with Crippen molar-refractivity contribution < 1.29 is 9.53 Å². The van der Waals surface area contributed by atoms with Crippen molar-refractivity contribution in [2.24, 2.45) is 0 Å². The summed E-state index contributed by atoms with van der Waals surface area (Å²) in [7, 11) is 0. The van der Waals surface area contributed by atoms with Gasteiger partial charge in [-0.2, -0.15) is 0 Å². The maximum absolute atomic E-state index is 11.3. The Kier molecular flexibility index (Phi) is 3.10. The van der Waals surface area contributed by atoms with Gasteiger partial charge >= 0.3 is 5.97 Å². The molecule has 0 radical (unpaired) electrons. The number of esters is 1. The first-order valence-corrected chi connectivity index (χ1v) is 3.96. The molecule has 1 atom stereocenters. The Hall–Kier alpha value is -1.75. The van der Waals surface area contributed by atoms with E-state index in [4.69, 9.17) is 11.2 Å². The summed E-state index contributed by atoms with van der Waals surface area (Å²) in [5, 5.41) is 0. The monoisotopic (exact) mass is 174 g/mol. The number of hydrogen-bond acceptors (Lipinski definition) is 2. The summed E-state index contributed by atoms with van der Waals surface area (Å²) in [5.74, 6) is 1.94. The molecule has 1 aromatic rings. The van der Waals surface area contributed by atoms with Crippen LogP contribution >= 0.6 is 0 Å². The van der Waals surface area contributed by atoms with Crippen molar-refractivity contribution >= 4 is 5.97 Å². The zero-order valence-corrected chi connectivity index (χ0v) is 7.36. The summed E-state index contributed by atoms with van der Waals surface area (Å²) in [6.45, 7) is 1.65. The molecule has 13 heavy (non-hydrogen) atoms. The number of terminal acetylenes is 1. The highest BCUT2D eigenvalue weighted by Crippen LogP contribution is 2.02. The second-order valence-electron chi connectivity index (χ2n) is 2.58. The number of ether oxygens (including phenoxy) is 1. The maximum Gasteiger partial charge on any atom is 0.339 e. The molecule has 2 heteroatoms. The number of carbonyl (C=O) groups is 1. The van der Waals surface area contributed by atoms with E-state index < -0.39 is 6.10 Å². The standard InChI is InChI=1S/C11H10O2/c1-3-9(2)13-11(12)10-7-5-4-6-8-10/h1,4-9H,2H3. The Labute approximate surface area is 77.5 Å². The molecule has 0 bridgehead atoms. The second kappa shape index (κ2) is 4.32. The van der Waals surface area contributed by atoms with Gasteiger partial charge in [0.05, 0.1) is 5.56 Å². The van der Waals surface area contributed by atoms with Crippen LogP contribution in [-0.4, -0.2) is 12.1 Å².